The van der Waals surface area contributed by atoms with Gasteiger partial charge in [0, 0.05) is 12.8 Å². The van der Waals surface area contributed by atoms with E-state index < -0.39 is 71.2 Å². The van der Waals surface area contributed by atoms with Gasteiger partial charge in [-0.15, -0.1) is 0 Å². The van der Waals surface area contributed by atoms with Gasteiger partial charge in [-0.3, -0.25) is 14.1 Å². The first-order valence-corrected chi connectivity index (χ1v) is 25.8. The van der Waals surface area contributed by atoms with E-state index >= 15 is 0 Å². The summed E-state index contributed by atoms with van der Waals surface area (Å²) in [6.45, 7) is 3.58. The molecule has 1 aliphatic rings. The lowest BCUT2D eigenvalue weighted by atomic mass is 10.00. The highest BCUT2D eigenvalue weighted by atomic mass is 32.2. The maximum atomic E-state index is 12.8. The molecule has 1 rings (SSSR count). The average molecular weight is 921 g/mol. The highest BCUT2D eigenvalue weighted by molar-refractivity contribution is 7.85. The van der Waals surface area contributed by atoms with Crippen LogP contribution in [0.5, 0.6) is 0 Å². The first kappa shape index (κ1) is 58.8. The van der Waals surface area contributed by atoms with Crippen molar-refractivity contribution in [3.63, 3.8) is 0 Å². The van der Waals surface area contributed by atoms with E-state index in [1.807, 2.05) is 6.08 Å². The standard InChI is InChI=1S/C51H84O12S/c1-3-5-7-9-11-13-15-17-19-21-22-24-26-28-30-32-34-36-38-40-47(53)62-44(42-61-51-50(56)49(55)48(54)45(63-51)43-64(57,58)59)41-60-46(52)39-37-35-33-31-29-27-25-23-20-18-16-14-12-10-8-6-4-2/h5,7,11,13,17,19,22,24-25,27-28,30-31,33,44-45,48-51,54-56H,3-4,6,8-10,12,14-16,18,20-21,23,26,29,32,34-43H2,1-2H3,(H,57,58,59)/b7-5+,13-11+,19-17+,24-22+,27-25+,30-28+,33-31+/t44-,45-,48-,49?,50?,51+/m1/s1. The van der Waals surface area contributed by atoms with Gasteiger partial charge in [-0.1, -0.05) is 157 Å². The molecule has 0 bridgehead atoms. The summed E-state index contributed by atoms with van der Waals surface area (Å²) in [4.78, 5) is 25.4. The highest BCUT2D eigenvalue weighted by Crippen LogP contribution is 2.24. The van der Waals surface area contributed by atoms with Crippen molar-refractivity contribution in [2.24, 2.45) is 0 Å². The number of carbonyl (C=O) groups excluding carboxylic acids is 2. The summed E-state index contributed by atoms with van der Waals surface area (Å²) in [7, 11) is -4.62. The summed E-state index contributed by atoms with van der Waals surface area (Å²) in [6, 6.07) is 0. The molecule has 1 fully saturated rings. The largest absolute Gasteiger partial charge is 0.462 e. The van der Waals surface area contributed by atoms with E-state index in [9.17, 15) is 37.9 Å². The van der Waals surface area contributed by atoms with E-state index in [-0.39, 0.29) is 19.4 Å². The van der Waals surface area contributed by atoms with Crippen molar-refractivity contribution < 1.29 is 56.8 Å². The molecule has 0 aliphatic carbocycles. The lowest BCUT2D eigenvalue weighted by molar-refractivity contribution is -0.297. The zero-order chi connectivity index (χ0) is 46.9. The number of unbranched alkanes of at least 4 members (excludes halogenated alkanes) is 13. The third kappa shape index (κ3) is 34.2. The fraction of sp³-hybridized carbons (Fsp3) is 0.686. The molecular formula is C51H84O12S. The summed E-state index contributed by atoms with van der Waals surface area (Å²) in [6.07, 6.45) is 43.4. The minimum Gasteiger partial charge on any atom is -0.462 e. The van der Waals surface area contributed by atoms with Gasteiger partial charge in [0.15, 0.2) is 12.4 Å². The third-order valence-corrected chi connectivity index (χ3v) is 11.2. The molecule has 64 heavy (non-hydrogen) atoms. The number of ether oxygens (including phenoxy) is 4. The molecule has 12 nitrogen and oxygen atoms in total. The molecule has 13 heteroatoms. The van der Waals surface area contributed by atoms with Crippen LogP contribution in [0.3, 0.4) is 0 Å². The number of esters is 2. The van der Waals surface area contributed by atoms with E-state index in [0.29, 0.717) is 19.3 Å². The van der Waals surface area contributed by atoms with E-state index in [0.717, 1.165) is 64.2 Å². The fourth-order valence-corrected chi connectivity index (χ4v) is 7.43. The van der Waals surface area contributed by atoms with Crippen LogP contribution >= 0.6 is 0 Å². The lowest BCUT2D eigenvalue weighted by Crippen LogP contribution is -2.60. The summed E-state index contributed by atoms with van der Waals surface area (Å²) in [5, 5.41) is 30.9. The van der Waals surface area contributed by atoms with Crippen molar-refractivity contribution in [2.75, 3.05) is 19.0 Å². The number of aliphatic hydroxyl groups is 3. The topological polar surface area (TPSA) is 186 Å². The van der Waals surface area contributed by atoms with E-state index in [1.54, 1.807) is 0 Å². The predicted octanol–water partition coefficient (Wildman–Crippen LogP) is 10.4. The number of hydrogen-bond acceptors (Lipinski definition) is 11. The van der Waals surface area contributed by atoms with Gasteiger partial charge in [0.2, 0.25) is 0 Å². The van der Waals surface area contributed by atoms with Gasteiger partial charge in [0.25, 0.3) is 10.1 Å². The Hall–Kier alpha value is -3.17. The summed E-state index contributed by atoms with van der Waals surface area (Å²) in [5.74, 6) is -2.09. The minimum absolute atomic E-state index is 0.112. The van der Waals surface area contributed by atoms with Crippen LogP contribution in [0.4, 0.5) is 0 Å². The molecule has 0 amide bonds. The Labute approximate surface area is 386 Å². The second kappa shape index (κ2) is 40.1. The SMILES string of the molecule is CC/C=C/C/C=C/C/C=C/C/C=C/C/C=C/CCCCCC(=O)O[C@H](COC(=O)CCC/C=C/C/C=C/CCCCCCCCCCC)CO[C@H]1O[C@H](CS(=O)(=O)O)[C@@H](O)C(O)C1O. The van der Waals surface area contributed by atoms with Gasteiger partial charge in [0.05, 0.1) is 6.61 Å². The van der Waals surface area contributed by atoms with Crippen molar-refractivity contribution in [1.82, 2.24) is 0 Å². The van der Waals surface area contributed by atoms with Crippen LogP contribution in [0.2, 0.25) is 0 Å². The van der Waals surface area contributed by atoms with Crippen molar-refractivity contribution in [2.45, 2.75) is 205 Å². The Kier molecular flexibility index (Phi) is 36.9. The zero-order valence-corrected chi connectivity index (χ0v) is 39.9. The number of hydrogen-bond donors (Lipinski definition) is 4. The van der Waals surface area contributed by atoms with E-state index in [1.165, 1.54) is 57.8 Å². The van der Waals surface area contributed by atoms with Crippen molar-refractivity contribution in [3.05, 3.63) is 85.1 Å². The smallest absolute Gasteiger partial charge is 0.306 e. The van der Waals surface area contributed by atoms with Crippen LogP contribution in [0.15, 0.2) is 85.1 Å². The molecular weight excluding hydrogens is 837 g/mol. The predicted molar refractivity (Wildman–Crippen MR) is 256 cm³/mol. The Morgan fingerprint density at radius 2 is 1.00 bits per heavy atom. The van der Waals surface area contributed by atoms with E-state index in [2.05, 4.69) is 92.8 Å². The third-order valence-electron chi connectivity index (χ3n) is 10.5. The number of rotatable bonds is 39. The maximum absolute atomic E-state index is 12.8. The second-order valence-electron chi connectivity index (χ2n) is 16.4. The summed E-state index contributed by atoms with van der Waals surface area (Å²) >= 11 is 0. The maximum Gasteiger partial charge on any atom is 0.306 e. The molecule has 0 radical (unpaired) electrons. The molecule has 0 aromatic heterocycles. The number of carbonyl (C=O) groups is 2. The van der Waals surface area contributed by atoms with Crippen LogP contribution in [-0.2, 0) is 38.7 Å². The molecule has 4 N–H and O–H groups in total. The molecule has 0 aromatic carbocycles. The monoisotopic (exact) mass is 921 g/mol. The minimum atomic E-state index is -4.62. The van der Waals surface area contributed by atoms with Crippen molar-refractivity contribution in [1.29, 1.82) is 0 Å². The Morgan fingerprint density at radius 3 is 1.52 bits per heavy atom. The number of allylic oxidation sites excluding steroid dienone is 14. The summed E-state index contributed by atoms with van der Waals surface area (Å²) in [5.41, 5.74) is 0. The van der Waals surface area contributed by atoms with E-state index in [4.69, 9.17) is 18.9 Å². The molecule has 0 spiro atoms. The van der Waals surface area contributed by atoms with Gasteiger partial charge in [-0.25, -0.2) is 0 Å². The Morgan fingerprint density at radius 1 is 0.547 bits per heavy atom. The van der Waals surface area contributed by atoms with Crippen molar-refractivity contribution >= 4 is 22.1 Å². The Bertz CT molecular complexity index is 1500. The molecule has 1 heterocycles. The summed E-state index contributed by atoms with van der Waals surface area (Å²) < 4.78 is 54.1. The molecule has 1 aliphatic heterocycles. The first-order valence-electron chi connectivity index (χ1n) is 24.1. The highest BCUT2D eigenvalue weighted by Gasteiger charge is 2.46. The molecule has 0 saturated carbocycles. The molecule has 2 unspecified atom stereocenters. The fourth-order valence-electron chi connectivity index (χ4n) is 6.74. The Balaban J connectivity index is 2.48. The lowest BCUT2D eigenvalue weighted by Gasteiger charge is -2.40. The second-order valence-corrected chi connectivity index (χ2v) is 17.9. The van der Waals surface area contributed by atoms with Crippen LogP contribution in [0, 0.1) is 0 Å². The average Bonchev–Trinajstić information content (AvgIpc) is 3.26. The first-order chi connectivity index (χ1) is 31.0. The van der Waals surface area contributed by atoms with Crippen LogP contribution < -0.4 is 0 Å². The molecule has 1 saturated heterocycles. The van der Waals surface area contributed by atoms with Crippen molar-refractivity contribution in [3.8, 4) is 0 Å². The van der Waals surface area contributed by atoms with Gasteiger partial charge in [0.1, 0.15) is 36.8 Å². The van der Waals surface area contributed by atoms with Crippen LogP contribution in [0.1, 0.15) is 168 Å². The van der Waals surface area contributed by atoms with Gasteiger partial charge < -0.3 is 34.3 Å². The van der Waals surface area contributed by atoms with Crippen LogP contribution in [-0.4, -0.2) is 96.0 Å². The van der Waals surface area contributed by atoms with Gasteiger partial charge in [-0.05, 0) is 83.5 Å². The quantitative estimate of drug-likeness (QED) is 0.0198. The number of aliphatic hydroxyl groups excluding tert-OH is 3. The normalized spacial score (nSPS) is 20.4. The molecule has 366 valence electrons. The molecule has 0 aromatic rings. The van der Waals surface area contributed by atoms with Gasteiger partial charge >= 0.3 is 11.9 Å². The van der Waals surface area contributed by atoms with Crippen LogP contribution in [0.25, 0.3) is 0 Å². The molecule has 6 atom stereocenters. The van der Waals surface area contributed by atoms with Gasteiger partial charge in [-0.2, -0.15) is 8.42 Å². The zero-order valence-electron chi connectivity index (χ0n) is 39.1.